The molecule has 1 N–H and O–H groups in total. The topological polar surface area (TPSA) is 80.5 Å². The molecule has 1 unspecified atom stereocenters. The number of carbonyl (C=O) groups is 1. The van der Waals surface area contributed by atoms with E-state index in [1.807, 2.05) is 0 Å². The summed E-state index contributed by atoms with van der Waals surface area (Å²) in [6.45, 7) is 0. The lowest BCUT2D eigenvalue weighted by Gasteiger charge is -2.37. The van der Waals surface area contributed by atoms with E-state index in [1.54, 1.807) is 6.08 Å². The van der Waals surface area contributed by atoms with E-state index in [1.165, 1.54) is 23.1 Å². The fourth-order valence-electron chi connectivity index (χ4n) is 3.40. The van der Waals surface area contributed by atoms with Crippen LogP contribution < -0.4 is 9.80 Å². The molecule has 152 valence electrons. The highest BCUT2D eigenvalue weighted by atomic mass is 32.1. The molecule has 4 rings (SSSR count). The maximum atomic E-state index is 13.5. The number of hydrogen-bond acceptors (Lipinski definition) is 5. The molecule has 1 aliphatic heterocycles. The molecule has 1 aliphatic carbocycles. The van der Waals surface area contributed by atoms with Crippen molar-refractivity contribution in [3.05, 3.63) is 59.7 Å². The van der Waals surface area contributed by atoms with Gasteiger partial charge >= 0.3 is 6.18 Å². The first kappa shape index (κ1) is 19.8. The quantitative estimate of drug-likeness (QED) is 0.442. The standard InChI is InChI=1S/C19H10F4N4O2S/c20-13-3-2-10(7-15(13)28)27-17(30)26(16(29)18(27)4-1-5-18)11-6-12(19(21,22)23)14(8-24)25-9-11/h1-4,6-7,9,28H,5H2. The van der Waals surface area contributed by atoms with Gasteiger partial charge in [-0.25, -0.2) is 9.37 Å². The summed E-state index contributed by atoms with van der Waals surface area (Å²) >= 11 is 5.37. The number of nitriles is 1. The zero-order valence-corrected chi connectivity index (χ0v) is 15.6. The van der Waals surface area contributed by atoms with E-state index >= 15 is 0 Å². The lowest BCUT2D eigenvalue weighted by Crippen LogP contribution is -2.51. The molecule has 0 radical (unpaired) electrons. The van der Waals surface area contributed by atoms with Crippen LogP contribution in [0.4, 0.5) is 28.9 Å². The van der Waals surface area contributed by atoms with Gasteiger partial charge in [-0.05, 0) is 30.4 Å². The van der Waals surface area contributed by atoms with Crippen molar-refractivity contribution in [1.82, 2.24) is 4.98 Å². The number of amides is 1. The smallest absolute Gasteiger partial charge is 0.419 e. The Morgan fingerprint density at radius 1 is 1.27 bits per heavy atom. The Kier molecular flexibility index (Phi) is 4.28. The molecule has 6 nitrogen and oxygen atoms in total. The Morgan fingerprint density at radius 2 is 1.97 bits per heavy atom. The Hall–Kier alpha value is -3.52. The van der Waals surface area contributed by atoms with E-state index in [-0.39, 0.29) is 22.9 Å². The van der Waals surface area contributed by atoms with Crippen molar-refractivity contribution in [2.45, 2.75) is 18.1 Å². The third-order valence-corrected chi connectivity index (χ3v) is 5.27. The molecule has 1 aromatic heterocycles. The Labute approximate surface area is 172 Å². The van der Waals surface area contributed by atoms with Crippen LogP contribution in [-0.4, -0.2) is 26.6 Å². The highest BCUT2D eigenvalue weighted by molar-refractivity contribution is 7.81. The number of thiocarbonyl (C=S) groups is 1. The summed E-state index contributed by atoms with van der Waals surface area (Å²) in [5.41, 5.74) is -3.51. The fourth-order valence-corrected chi connectivity index (χ4v) is 3.86. The zero-order valence-electron chi connectivity index (χ0n) is 14.8. The number of alkyl halides is 3. The molecular weight excluding hydrogens is 424 g/mol. The molecule has 1 amide bonds. The summed E-state index contributed by atoms with van der Waals surface area (Å²) in [5.74, 6) is -2.17. The van der Waals surface area contributed by atoms with Crippen LogP contribution >= 0.6 is 12.2 Å². The fraction of sp³-hybridized carbons (Fsp3) is 0.158. The second-order valence-corrected chi connectivity index (χ2v) is 6.99. The van der Waals surface area contributed by atoms with E-state index in [9.17, 15) is 27.5 Å². The molecule has 11 heteroatoms. The Morgan fingerprint density at radius 3 is 2.50 bits per heavy atom. The molecule has 0 saturated carbocycles. The number of aromatic nitrogens is 1. The zero-order chi connectivity index (χ0) is 21.8. The van der Waals surface area contributed by atoms with E-state index in [0.29, 0.717) is 6.07 Å². The molecular formula is C19H10F4N4O2S. The van der Waals surface area contributed by atoms with E-state index < -0.39 is 40.4 Å². The predicted molar refractivity (Wildman–Crippen MR) is 101 cm³/mol. The van der Waals surface area contributed by atoms with Gasteiger partial charge in [0.2, 0.25) is 0 Å². The normalized spacial score (nSPS) is 20.6. The summed E-state index contributed by atoms with van der Waals surface area (Å²) in [4.78, 5) is 19.0. The summed E-state index contributed by atoms with van der Waals surface area (Å²) in [7, 11) is 0. The average Bonchev–Trinajstić information content (AvgIpc) is 2.90. The number of nitrogens with zero attached hydrogens (tertiary/aromatic N) is 4. The molecule has 1 saturated heterocycles. The molecule has 1 atom stereocenters. The molecule has 1 aromatic carbocycles. The minimum Gasteiger partial charge on any atom is -0.505 e. The first-order valence-electron chi connectivity index (χ1n) is 8.42. The van der Waals surface area contributed by atoms with Crippen LogP contribution in [0.3, 0.4) is 0 Å². The van der Waals surface area contributed by atoms with Crippen LogP contribution in [0.1, 0.15) is 17.7 Å². The minimum absolute atomic E-state index is 0.171. The van der Waals surface area contributed by atoms with E-state index in [4.69, 9.17) is 17.5 Å². The lowest BCUT2D eigenvalue weighted by atomic mass is 9.83. The van der Waals surface area contributed by atoms with Gasteiger partial charge < -0.3 is 5.11 Å². The number of phenolic OH excluding ortho intramolecular Hbond substituents is 1. The van der Waals surface area contributed by atoms with Crippen LogP contribution in [-0.2, 0) is 11.0 Å². The van der Waals surface area contributed by atoms with Gasteiger partial charge in [-0.3, -0.25) is 14.6 Å². The summed E-state index contributed by atoms with van der Waals surface area (Å²) in [6, 6.07) is 5.37. The monoisotopic (exact) mass is 434 g/mol. The van der Waals surface area contributed by atoms with Crippen LogP contribution in [0.5, 0.6) is 5.75 Å². The van der Waals surface area contributed by atoms with Gasteiger partial charge in [0.15, 0.2) is 22.4 Å². The van der Waals surface area contributed by atoms with Crippen molar-refractivity contribution in [2.75, 3.05) is 9.80 Å². The highest BCUT2D eigenvalue weighted by Gasteiger charge is 2.57. The molecule has 2 aliphatic rings. The van der Waals surface area contributed by atoms with Gasteiger partial charge in [0, 0.05) is 18.2 Å². The third kappa shape index (κ3) is 2.72. The van der Waals surface area contributed by atoms with Gasteiger partial charge in [-0.2, -0.15) is 18.4 Å². The van der Waals surface area contributed by atoms with Gasteiger partial charge in [0.05, 0.1) is 17.4 Å². The Bertz CT molecular complexity index is 1170. The van der Waals surface area contributed by atoms with Crippen molar-refractivity contribution in [3.8, 4) is 11.8 Å². The first-order chi connectivity index (χ1) is 14.1. The minimum atomic E-state index is -4.87. The predicted octanol–water partition coefficient (Wildman–Crippen LogP) is 3.65. The highest BCUT2D eigenvalue weighted by Crippen LogP contribution is 2.45. The molecule has 1 fully saturated rings. The lowest BCUT2D eigenvalue weighted by molar-refractivity contribution is -0.138. The number of phenols is 1. The Balaban J connectivity index is 1.84. The van der Waals surface area contributed by atoms with Crippen LogP contribution in [0, 0.1) is 17.1 Å². The SMILES string of the molecule is N#Cc1ncc(N2C(=O)C3(C=CC3)N(c3ccc(F)c(O)c3)C2=S)cc1C(F)(F)F. The number of hydrogen-bond donors (Lipinski definition) is 1. The number of anilines is 2. The second kappa shape index (κ2) is 6.50. The average molecular weight is 434 g/mol. The van der Waals surface area contributed by atoms with Crippen molar-refractivity contribution in [3.63, 3.8) is 0 Å². The van der Waals surface area contributed by atoms with Crippen LogP contribution in [0.2, 0.25) is 0 Å². The number of carbonyl (C=O) groups excluding carboxylic acids is 1. The van der Waals surface area contributed by atoms with Crippen molar-refractivity contribution in [1.29, 1.82) is 5.26 Å². The van der Waals surface area contributed by atoms with Crippen molar-refractivity contribution >= 4 is 34.6 Å². The number of pyridine rings is 1. The largest absolute Gasteiger partial charge is 0.505 e. The first-order valence-corrected chi connectivity index (χ1v) is 8.83. The molecule has 2 aromatic rings. The van der Waals surface area contributed by atoms with Gasteiger partial charge in [0.25, 0.3) is 5.91 Å². The number of rotatable bonds is 2. The van der Waals surface area contributed by atoms with Crippen molar-refractivity contribution < 1.29 is 27.5 Å². The number of benzene rings is 1. The molecule has 0 bridgehead atoms. The number of halogens is 4. The molecule has 1 spiro atoms. The summed E-state index contributed by atoms with van der Waals surface area (Å²) in [6.07, 6.45) is -0.493. The van der Waals surface area contributed by atoms with E-state index in [0.717, 1.165) is 23.2 Å². The number of aromatic hydroxyl groups is 1. The summed E-state index contributed by atoms with van der Waals surface area (Å²) in [5, 5.41) is 18.5. The molecule has 2 heterocycles. The van der Waals surface area contributed by atoms with Gasteiger partial charge in [-0.15, -0.1) is 0 Å². The second-order valence-electron chi connectivity index (χ2n) is 6.62. The maximum Gasteiger partial charge on any atom is 0.419 e. The summed E-state index contributed by atoms with van der Waals surface area (Å²) < 4.78 is 53.5. The van der Waals surface area contributed by atoms with E-state index in [2.05, 4.69) is 4.98 Å². The van der Waals surface area contributed by atoms with Gasteiger partial charge in [-0.1, -0.05) is 12.2 Å². The maximum absolute atomic E-state index is 13.5. The van der Waals surface area contributed by atoms with Crippen molar-refractivity contribution in [2.24, 2.45) is 0 Å². The van der Waals surface area contributed by atoms with Crippen LogP contribution in [0.15, 0.2) is 42.6 Å². The molecule has 30 heavy (non-hydrogen) atoms. The van der Waals surface area contributed by atoms with Gasteiger partial charge in [0.1, 0.15) is 11.6 Å². The van der Waals surface area contributed by atoms with Crippen LogP contribution in [0.25, 0.3) is 0 Å². The third-order valence-electron chi connectivity index (χ3n) is 4.91.